The van der Waals surface area contributed by atoms with Gasteiger partial charge in [-0.3, -0.25) is 29.1 Å². The molecular weight excluding hydrogens is 427 g/mol. The summed E-state index contributed by atoms with van der Waals surface area (Å²) in [5.41, 5.74) is 0.436. The zero-order valence-corrected chi connectivity index (χ0v) is 19.0. The molecule has 2 N–H and O–H groups in total. The highest BCUT2D eigenvalue weighted by Crippen LogP contribution is 2.10. The maximum absolute atomic E-state index is 13.2. The molecular formula is C23H33FN6O3. The number of carbonyl (C=O) groups excluding carboxylic acids is 3. The minimum atomic E-state index is -0.393. The van der Waals surface area contributed by atoms with Crippen molar-refractivity contribution in [1.82, 2.24) is 24.9 Å². The molecule has 0 spiro atoms. The number of benzene rings is 1. The Kier molecular flexibility index (Phi) is 9.35. The molecule has 2 aliphatic heterocycles. The topological polar surface area (TPSA) is 88.2 Å². The minimum absolute atomic E-state index is 0.0121. The predicted molar refractivity (Wildman–Crippen MR) is 124 cm³/mol. The highest BCUT2D eigenvalue weighted by atomic mass is 19.1. The average molecular weight is 461 g/mol. The van der Waals surface area contributed by atoms with Gasteiger partial charge in [0.05, 0.1) is 19.6 Å². The van der Waals surface area contributed by atoms with E-state index in [2.05, 4.69) is 27.0 Å². The average Bonchev–Trinajstić information content (AvgIpc) is 2.79. The van der Waals surface area contributed by atoms with Crippen LogP contribution in [0.3, 0.4) is 0 Å². The fourth-order valence-electron chi connectivity index (χ4n) is 3.97. The summed E-state index contributed by atoms with van der Waals surface area (Å²) in [6.07, 6.45) is 1.66. The van der Waals surface area contributed by atoms with Gasteiger partial charge in [0.25, 0.3) is 0 Å². The number of hydrogen-bond acceptors (Lipinski definition) is 6. The first kappa shape index (κ1) is 24.8. The number of nitrogens with one attached hydrogen (secondary N) is 2. The van der Waals surface area contributed by atoms with Gasteiger partial charge in [-0.2, -0.15) is 0 Å². The van der Waals surface area contributed by atoms with E-state index >= 15 is 0 Å². The summed E-state index contributed by atoms with van der Waals surface area (Å²) in [5.74, 6) is -0.510. The van der Waals surface area contributed by atoms with Gasteiger partial charge in [-0.25, -0.2) is 4.39 Å². The maximum Gasteiger partial charge on any atom is 0.238 e. The molecule has 0 unspecified atom stereocenters. The van der Waals surface area contributed by atoms with Gasteiger partial charge in [0.1, 0.15) is 5.82 Å². The number of rotatable bonds is 9. The highest BCUT2D eigenvalue weighted by Gasteiger charge is 2.26. The van der Waals surface area contributed by atoms with Crippen molar-refractivity contribution in [3.05, 3.63) is 42.7 Å². The van der Waals surface area contributed by atoms with Crippen LogP contribution in [-0.2, 0) is 14.4 Å². The molecule has 3 rings (SSSR count). The first-order chi connectivity index (χ1) is 15.9. The lowest BCUT2D eigenvalue weighted by Crippen LogP contribution is -2.55. The number of piperazine rings is 2. The Morgan fingerprint density at radius 1 is 0.879 bits per heavy atom. The van der Waals surface area contributed by atoms with E-state index in [0.29, 0.717) is 51.5 Å². The first-order valence-electron chi connectivity index (χ1n) is 11.3. The lowest BCUT2D eigenvalue weighted by molar-refractivity contribution is -0.135. The molecule has 2 saturated heterocycles. The predicted octanol–water partition coefficient (Wildman–Crippen LogP) is -0.172. The molecule has 1 aromatic carbocycles. The van der Waals surface area contributed by atoms with E-state index in [1.54, 1.807) is 18.2 Å². The first-order valence-corrected chi connectivity index (χ1v) is 11.3. The summed E-state index contributed by atoms with van der Waals surface area (Å²) in [4.78, 5) is 44.8. The SMILES string of the molecule is C=CCNC(=O)CN1CCN(CC(=O)N2CCN(CC(=O)Nc3cccc(F)c3)CC2)CC1. The van der Waals surface area contributed by atoms with E-state index in [1.807, 2.05) is 9.80 Å². The summed E-state index contributed by atoms with van der Waals surface area (Å²) in [5, 5.41) is 5.48. The monoisotopic (exact) mass is 460 g/mol. The summed E-state index contributed by atoms with van der Waals surface area (Å²) < 4.78 is 13.2. The van der Waals surface area contributed by atoms with Crippen molar-refractivity contribution in [3.63, 3.8) is 0 Å². The zero-order chi connectivity index (χ0) is 23.6. The van der Waals surface area contributed by atoms with Crippen LogP contribution in [0, 0.1) is 5.82 Å². The number of amides is 3. The van der Waals surface area contributed by atoms with Crippen molar-refractivity contribution in [3.8, 4) is 0 Å². The fraction of sp³-hybridized carbons (Fsp3) is 0.522. The molecule has 2 fully saturated rings. The molecule has 3 amide bonds. The second-order valence-electron chi connectivity index (χ2n) is 8.36. The molecule has 180 valence electrons. The maximum atomic E-state index is 13.2. The second-order valence-corrected chi connectivity index (χ2v) is 8.36. The summed E-state index contributed by atoms with van der Waals surface area (Å²) in [6, 6.07) is 5.81. The normalized spacial score (nSPS) is 18.0. The van der Waals surface area contributed by atoms with Gasteiger partial charge in [-0.05, 0) is 18.2 Å². The Morgan fingerprint density at radius 3 is 2.06 bits per heavy atom. The van der Waals surface area contributed by atoms with Gasteiger partial charge in [-0.1, -0.05) is 12.1 Å². The Labute approximate surface area is 194 Å². The van der Waals surface area contributed by atoms with E-state index < -0.39 is 5.82 Å². The van der Waals surface area contributed by atoms with Crippen LogP contribution >= 0.6 is 0 Å². The molecule has 0 aromatic heterocycles. The molecule has 0 saturated carbocycles. The van der Waals surface area contributed by atoms with Crippen molar-refractivity contribution in [2.45, 2.75) is 0 Å². The number of halogens is 1. The molecule has 0 bridgehead atoms. The number of nitrogens with zero attached hydrogens (tertiary/aromatic N) is 4. The van der Waals surface area contributed by atoms with Crippen LogP contribution in [0.4, 0.5) is 10.1 Å². The van der Waals surface area contributed by atoms with Crippen molar-refractivity contribution in [1.29, 1.82) is 0 Å². The molecule has 0 radical (unpaired) electrons. The third-order valence-electron chi connectivity index (χ3n) is 5.84. The number of carbonyl (C=O) groups is 3. The van der Waals surface area contributed by atoms with E-state index in [0.717, 1.165) is 26.2 Å². The smallest absolute Gasteiger partial charge is 0.238 e. The van der Waals surface area contributed by atoms with Crippen LogP contribution in [0.5, 0.6) is 0 Å². The van der Waals surface area contributed by atoms with Gasteiger partial charge >= 0.3 is 0 Å². The van der Waals surface area contributed by atoms with Crippen molar-refractivity contribution in [2.75, 3.05) is 83.9 Å². The minimum Gasteiger partial charge on any atom is -0.352 e. The number of anilines is 1. The summed E-state index contributed by atoms with van der Waals surface area (Å²) >= 11 is 0. The summed E-state index contributed by atoms with van der Waals surface area (Å²) in [6.45, 7) is 10.4. The molecule has 0 atom stereocenters. The van der Waals surface area contributed by atoms with Crippen LogP contribution in [-0.4, -0.2) is 116 Å². The van der Waals surface area contributed by atoms with Gasteiger partial charge in [0.2, 0.25) is 17.7 Å². The van der Waals surface area contributed by atoms with Crippen LogP contribution < -0.4 is 10.6 Å². The molecule has 10 heteroatoms. The molecule has 1 aromatic rings. The summed E-state index contributed by atoms with van der Waals surface area (Å²) in [7, 11) is 0. The van der Waals surface area contributed by atoms with Gasteiger partial charge < -0.3 is 15.5 Å². The highest BCUT2D eigenvalue weighted by molar-refractivity contribution is 5.92. The van der Waals surface area contributed by atoms with Crippen molar-refractivity contribution >= 4 is 23.4 Å². The molecule has 0 aliphatic carbocycles. The molecule has 33 heavy (non-hydrogen) atoms. The van der Waals surface area contributed by atoms with Crippen molar-refractivity contribution < 1.29 is 18.8 Å². The Bertz CT molecular complexity index is 835. The standard InChI is InChI=1S/C23H33FN6O3/c1-2-6-25-21(31)16-27-7-9-29(10-8-27)18-23(33)30-13-11-28(12-14-30)17-22(32)26-20-5-3-4-19(24)15-20/h2-5,15H,1,6-14,16-18H2,(H,25,31)(H,26,32). The van der Waals surface area contributed by atoms with Crippen LogP contribution in [0.2, 0.25) is 0 Å². The Hall–Kier alpha value is -2.82. The van der Waals surface area contributed by atoms with Gasteiger partial charge in [0.15, 0.2) is 0 Å². The van der Waals surface area contributed by atoms with Crippen molar-refractivity contribution in [2.24, 2.45) is 0 Å². The van der Waals surface area contributed by atoms with Crippen LogP contribution in [0.25, 0.3) is 0 Å². The van der Waals surface area contributed by atoms with E-state index in [4.69, 9.17) is 0 Å². The Morgan fingerprint density at radius 2 is 1.45 bits per heavy atom. The molecule has 9 nitrogen and oxygen atoms in total. The molecule has 2 aliphatic rings. The lowest BCUT2D eigenvalue weighted by Gasteiger charge is -2.37. The van der Waals surface area contributed by atoms with Crippen LogP contribution in [0.1, 0.15) is 0 Å². The van der Waals surface area contributed by atoms with Crippen LogP contribution in [0.15, 0.2) is 36.9 Å². The van der Waals surface area contributed by atoms with E-state index in [1.165, 1.54) is 12.1 Å². The quantitative estimate of drug-likeness (QED) is 0.498. The fourth-order valence-corrected chi connectivity index (χ4v) is 3.97. The van der Waals surface area contributed by atoms with Gasteiger partial charge in [-0.15, -0.1) is 6.58 Å². The molecule has 2 heterocycles. The largest absolute Gasteiger partial charge is 0.352 e. The van der Waals surface area contributed by atoms with E-state index in [9.17, 15) is 18.8 Å². The number of hydrogen-bond donors (Lipinski definition) is 2. The zero-order valence-electron chi connectivity index (χ0n) is 19.0. The second kappa shape index (κ2) is 12.4. The third-order valence-corrected chi connectivity index (χ3v) is 5.84. The third kappa shape index (κ3) is 8.23. The lowest BCUT2D eigenvalue weighted by atomic mass is 10.2. The Balaban J connectivity index is 1.32. The van der Waals surface area contributed by atoms with E-state index in [-0.39, 0.29) is 24.3 Å². The van der Waals surface area contributed by atoms with Gasteiger partial charge in [0, 0.05) is 64.6 Å².